The van der Waals surface area contributed by atoms with E-state index in [0.717, 1.165) is 30.8 Å². The lowest BCUT2D eigenvalue weighted by Crippen LogP contribution is -2.59. The minimum absolute atomic E-state index is 0.0214. The van der Waals surface area contributed by atoms with Gasteiger partial charge in [-0.2, -0.15) is 18.2 Å². The molecule has 0 saturated carbocycles. The van der Waals surface area contributed by atoms with E-state index in [9.17, 15) is 23.1 Å². The van der Waals surface area contributed by atoms with Crippen LogP contribution < -0.4 is 16.1 Å². The summed E-state index contributed by atoms with van der Waals surface area (Å²) < 4.78 is 33.7. The molecule has 2 aliphatic heterocycles. The maximum absolute atomic E-state index is 12.4. The van der Waals surface area contributed by atoms with Crippen molar-refractivity contribution in [1.29, 1.82) is 0 Å². The van der Waals surface area contributed by atoms with Crippen LogP contribution in [0.4, 0.5) is 4.79 Å². The third kappa shape index (κ3) is 5.56. The van der Waals surface area contributed by atoms with Crippen molar-refractivity contribution < 1.29 is 31.9 Å². The number of hydroxylamine groups is 1. The van der Waals surface area contributed by atoms with E-state index in [-0.39, 0.29) is 24.9 Å². The minimum atomic E-state index is -4.67. The molecular formula is C12H22N4O7S. The van der Waals surface area contributed by atoms with E-state index < -0.39 is 28.6 Å². The SMILES string of the molecule is O=C(NC1CCNCC1)[C@@H]1CC[C@@H](NOS(=O)(=O)O)CN1C(=O)O. The largest absolute Gasteiger partial charge is 0.465 e. The van der Waals surface area contributed by atoms with Gasteiger partial charge in [0.1, 0.15) is 6.04 Å². The second kappa shape index (κ2) is 8.07. The summed E-state index contributed by atoms with van der Waals surface area (Å²) in [5.74, 6) is -0.349. The summed E-state index contributed by atoms with van der Waals surface area (Å²) in [6.45, 7) is 1.48. The van der Waals surface area contributed by atoms with Crippen LogP contribution in [0.5, 0.6) is 0 Å². The van der Waals surface area contributed by atoms with Gasteiger partial charge in [0.2, 0.25) is 5.91 Å². The van der Waals surface area contributed by atoms with Gasteiger partial charge in [-0.1, -0.05) is 0 Å². The summed E-state index contributed by atoms with van der Waals surface area (Å²) >= 11 is 0. The number of likely N-dealkylation sites (tertiary alicyclic amines) is 1. The number of rotatable bonds is 5. The molecule has 0 radical (unpaired) electrons. The van der Waals surface area contributed by atoms with E-state index in [0.29, 0.717) is 6.42 Å². The van der Waals surface area contributed by atoms with Gasteiger partial charge in [0, 0.05) is 12.6 Å². The van der Waals surface area contributed by atoms with Gasteiger partial charge >= 0.3 is 16.5 Å². The topological polar surface area (TPSA) is 157 Å². The van der Waals surface area contributed by atoms with Crippen LogP contribution in [0, 0.1) is 0 Å². The Morgan fingerprint density at radius 1 is 1.12 bits per heavy atom. The number of carbonyl (C=O) groups is 2. The minimum Gasteiger partial charge on any atom is -0.465 e. The fourth-order valence-corrected chi connectivity index (χ4v) is 3.20. The Bertz CT molecular complexity index is 564. The lowest BCUT2D eigenvalue weighted by Gasteiger charge is -2.37. The summed E-state index contributed by atoms with van der Waals surface area (Å²) in [6, 6.07) is -1.46. The quantitative estimate of drug-likeness (QED) is 0.294. The third-order valence-corrected chi connectivity index (χ3v) is 4.44. The summed E-state index contributed by atoms with van der Waals surface area (Å²) in [5.41, 5.74) is 2.10. The highest BCUT2D eigenvalue weighted by Gasteiger charge is 2.37. The zero-order valence-electron chi connectivity index (χ0n) is 13.0. The third-order valence-electron chi connectivity index (χ3n) is 4.14. The maximum atomic E-state index is 12.4. The highest BCUT2D eigenvalue weighted by Crippen LogP contribution is 2.19. The molecular weight excluding hydrogens is 344 g/mol. The fraction of sp³-hybridized carbons (Fsp3) is 0.833. The molecule has 2 heterocycles. The maximum Gasteiger partial charge on any atom is 0.413 e. The van der Waals surface area contributed by atoms with E-state index in [1.54, 1.807) is 0 Å². The molecule has 2 fully saturated rings. The molecule has 2 rings (SSSR count). The summed E-state index contributed by atoms with van der Waals surface area (Å²) in [7, 11) is -4.67. The first-order valence-corrected chi connectivity index (χ1v) is 9.05. The Kier molecular flexibility index (Phi) is 6.34. The zero-order valence-corrected chi connectivity index (χ0v) is 13.8. The van der Waals surface area contributed by atoms with Gasteiger partial charge in [0.25, 0.3) is 0 Å². The monoisotopic (exact) mass is 366 g/mol. The van der Waals surface area contributed by atoms with E-state index in [1.165, 1.54) is 0 Å². The second-order valence-corrected chi connectivity index (χ2v) is 6.91. The van der Waals surface area contributed by atoms with Crippen LogP contribution in [-0.2, 0) is 19.5 Å². The Morgan fingerprint density at radius 2 is 1.79 bits per heavy atom. The Balaban J connectivity index is 1.92. The van der Waals surface area contributed by atoms with Crippen molar-refractivity contribution in [3.05, 3.63) is 0 Å². The number of hydrogen-bond donors (Lipinski definition) is 5. The van der Waals surface area contributed by atoms with Crippen LogP contribution in [0.25, 0.3) is 0 Å². The molecule has 0 aromatic rings. The average Bonchev–Trinajstić information content (AvgIpc) is 2.53. The fourth-order valence-electron chi connectivity index (χ4n) is 2.94. The average molecular weight is 366 g/mol. The molecule has 2 atom stereocenters. The molecule has 2 aliphatic rings. The van der Waals surface area contributed by atoms with Crippen molar-refractivity contribution >= 4 is 22.4 Å². The molecule has 12 heteroatoms. The molecule has 0 bridgehead atoms. The Morgan fingerprint density at radius 3 is 2.38 bits per heavy atom. The summed E-state index contributed by atoms with van der Waals surface area (Å²) in [5, 5.41) is 15.4. The lowest BCUT2D eigenvalue weighted by atomic mass is 9.97. The highest BCUT2D eigenvalue weighted by atomic mass is 32.3. The number of carboxylic acid groups (broad SMARTS) is 1. The molecule has 0 aromatic carbocycles. The first kappa shape index (κ1) is 18.9. The first-order chi connectivity index (χ1) is 11.3. The zero-order chi connectivity index (χ0) is 17.7. The molecule has 11 nitrogen and oxygen atoms in total. The molecule has 24 heavy (non-hydrogen) atoms. The first-order valence-electron chi connectivity index (χ1n) is 7.68. The molecule has 0 aromatic heterocycles. The molecule has 138 valence electrons. The van der Waals surface area contributed by atoms with E-state index in [2.05, 4.69) is 20.4 Å². The smallest absolute Gasteiger partial charge is 0.413 e. The van der Waals surface area contributed by atoms with Crippen molar-refractivity contribution in [1.82, 2.24) is 21.0 Å². The van der Waals surface area contributed by atoms with Crippen molar-refractivity contribution in [2.45, 2.75) is 43.8 Å². The van der Waals surface area contributed by atoms with Crippen LogP contribution in [-0.4, -0.2) is 72.7 Å². The number of nitrogens with one attached hydrogen (secondary N) is 3. The highest BCUT2D eigenvalue weighted by molar-refractivity contribution is 7.80. The molecule has 0 spiro atoms. The lowest BCUT2D eigenvalue weighted by molar-refractivity contribution is -0.128. The summed E-state index contributed by atoms with van der Waals surface area (Å²) in [4.78, 5) is 24.7. The molecule has 0 aliphatic carbocycles. The molecule has 5 N–H and O–H groups in total. The van der Waals surface area contributed by atoms with Crippen LogP contribution in [0.15, 0.2) is 0 Å². The van der Waals surface area contributed by atoms with Gasteiger partial charge in [0.05, 0.1) is 6.04 Å². The van der Waals surface area contributed by atoms with Gasteiger partial charge in [-0.05, 0) is 38.8 Å². The molecule has 0 unspecified atom stereocenters. The van der Waals surface area contributed by atoms with E-state index in [1.807, 2.05) is 0 Å². The normalized spacial score (nSPS) is 26.1. The van der Waals surface area contributed by atoms with Crippen molar-refractivity contribution in [2.24, 2.45) is 0 Å². The van der Waals surface area contributed by atoms with Crippen molar-refractivity contribution in [2.75, 3.05) is 19.6 Å². The number of nitrogens with zero attached hydrogens (tertiary/aromatic N) is 1. The number of piperidine rings is 2. The summed E-state index contributed by atoms with van der Waals surface area (Å²) in [6.07, 6.45) is 0.841. The number of hydrogen-bond acceptors (Lipinski definition) is 7. The van der Waals surface area contributed by atoms with Crippen LogP contribution in [0.2, 0.25) is 0 Å². The van der Waals surface area contributed by atoms with E-state index in [4.69, 9.17) is 4.55 Å². The van der Waals surface area contributed by atoms with Crippen LogP contribution >= 0.6 is 0 Å². The van der Waals surface area contributed by atoms with Crippen LogP contribution in [0.1, 0.15) is 25.7 Å². The number of amides is 2. The standard InChI is InChI=1S/C12H22N4O7S/c17-11(14-8-3-5-13-6-4-8)10-2-1-9(7-16(10)12(18)19)15-23-24(20,21)22/h8-10,13,15H,1-7H2,(H,14,17)(H,18,19)(H,20,21,22)/t9-,10+/m1/s1. The van der Waals surface area contributed by atoms with Gasteiger partial charge in [0.15, 0.2) is 0 Å². The van der Waals surface area contributed by atoms with Gasteiger partial charge in [-0.25, -0.2) is 4.79 Å². The van der Waals surface area contributed by atoms with Crippen LogP contribution in [0.3, 0.4) is 0 Å². The molecule has 2 amide bonds. The predicted octanol–water partition coefficient (Wildman–Crippen LogP) is -1.31. The van der Waals surface area contributed by atoms with Crippen molar-refractivity contribution in [3.8, 4) is 0 Å². The molecule has 2 saturated heterocycles. The Labute approximate surface area is 139 Å². The van der Waals surface area contributed by atoms with E-state index >= 15 is 0 Å². The van der Waals surface area contributed by atoms with Gasteiger partial charge < -0.3 is 15.7 Å². The Hall–Kier alpha value is -1.47. The van der Waals surface area contributed by atoms with Crippen molar-refractivity contribution in [3.63, 3.8) is 0 Å². The van der Waals surface area contributed by atoms with Gasteiger partial charge in [-0.15, -0.1) is 0 Å². The second-order valence-electron chi connectivity index (χ2n) is 5.89. The van der Waals surface area contributed by atoms with Gasteiger partial charge in [-0.3, -0.25) is 14.2 Å². The predicted molar refractivity (Wildman–Crippen MR) is 81.3 cm³/mol. The number of carbonyl (C=O) groups excluding carboxylic acids is 1.